The third-order valence-corrected chi connectivity index (χ3v) is 2.28. The molecule has 1 N–H and O–H groups in total. The first-order valence-electron chi connectivity index (χ1n) is 5.48. The van der Waals surface area contributed by atoms with Crippen molar-refractivity contribution in [3.63, 3.8) is 0 Å². The summed E-state index contributed by atoms with van der Waals surface area (Å²) in [6.07, 6.45) is 1.56. The molecular formula is C13H11N3O3. The molecular weight excluding hydrogens is 246 g/mol. The summed E-state index contributed by atoms with van der Waals surface area (Å²) in [4.78, 5) is 31.1. The second kappa shape index (κ2) is 5.72. The van der Waals surface area contributed by atoms with Gasteiger partial charge in [0.15, 0.2) is 0 Å². The minimum Gasteiger partial charge on any atom is -0.464 e. The number of aromatic nitrogens is 2. The van der Waals surface area contributed by atoms with Crippen LogP contribution in [0, 0.1) is 0 Å². The molecule has 1 amide bonds. The molecule has 0 fully saturated rings. The van der Waals surface area contributed by atoms with Gasteiger partial charge in [0, 0.05) is 6.20 Å². The first-order chi connectivity index (χ1) is 9.20. The summed E-state index contributed by atoms with van der Waals surface area (Å²) in [5.41, 5.74) is 0.199. The second-order valence-electron chi connectivity index (χ2n) is 3.57. The molecule has 6 nitrogen and oxygen atoms in total. The van der Waals surface area contributed by atoms with E-state index in [1.54, 1.807) is 30.5 Å². The van der Waals surface area contributed by atoms with Crippen molar-refractivity contribution in [2.45, 2.75) is 0 Å². The molecule has 0 radical (unpaired) electrons. The Labute approximate surface area is 109 Å². The number of methoxy groups -OCH3 is 1. The normalized spacial score (nSPS) is 9.74. The number of esters is 1. The van der Waals surface area contributed by atoms with Gasteiger partial charge in [-0.1, -0.05) is 12.1 Å². The largest absolute Gasteiger partial charge is 0.464 e. The number of hydrogen-bond acceptors (Lipinski definition) is 5. The lowest BCUT2D eigenvalue weighted by molar-refractivity contribution is 0.0594. The Morgan fingerprint density at radius 1 is 1.11 bits per heavy atom. The predicted molar refractivity (Wildman–Crippen MR) is 67.8 cm³/mol. The summed E-state index contributed by atoms with van der Waals surface area (Å²) in [7, 11) is 1.25. The minimum atomic E-state index is -0.590. The van der Waals surface area contributed by atoms with Crippen molar-refractivity contribution in [3.8, 4) is 0 Å². The van der Waals surface area contributed by atoms with Gasteiger partial charge >= 0.3 is 5.97 Å². The summed E-state index contributed by atoms with van der Waals surface area (Å²) in [5.74, 6) is -0.616. The van der Waals surface area contributed by atoms with Gasteiger partial charge < -0.3 is 10.1 Å². The maximum absolute atomic E-state index is 11.9. The lowest BCUT2D eigenvalue weighted by Gasteiger charge is -2.04. The highest BCUT2D eigenvalue weighted by atomic mass is 16.5. The highest BCUT2D eigenvalue weighted by Crippen LogP contribution is 2.05. The number of amides is 1. The Bertz CT molecular complexity index is 599. The van der Waals surface area contributed by atoms with E-state index >= 15 is 0 Å². The predicted octanol–water partition coefficient (Wildman–Crippen LogP) is 1.52. The van der Waals surface area contributed by atoms with Gasteiger partial charge in [-0.2, -0.15) is 0 Å². The third-order valence-electron chi connectivity index (χ3n) is 2.28. The fraction of sp³-hybridized carbons (Fsp3) is 0.0769. The molecule has 2 aromatic rings. The molecule has 0 aromatic carbocycles. The van der Waals surface area contributed by atoms with Crippen LogP contribution in [-0.2, 0) is 4.74 Å². The molecule has 0 aliphatic heterocycles. The molecule has 0 aliphatic rings. The van der Waals surface area contributed by atoms with Crippen molar-refractivity contribution in [3.05, 3.63) is 54.0 Å². The Morgan fingerprint density at radius 3 is 2.58 bits per heavy atom. The maximum atomic E-state index is 11.9. The fourth-order valence-electron chi connectivity index (χ4n) is 1.40. The van der Waals surface area contributed by atoms with Gasteiger partial charge in [-0.25, -0.2) is 14.8 Å². The molecule has 96 valence electrons. The highest BCUT2D eigenvalue weighted by molar-refractivity contribution is 6.03. The number of carbonyl (C=O) groups is 2. The molecule has 6 heteroatoms. The van der Waals surface area contributed by atoms with Gasteiger partial charge in [0.05, 0.1) is 7.11 Å². The van der Waals surface area contributed by atoms with E-state index in [1.165, 1.54) is 19.2 Å². The van der Waals surface area contributed by atoms with Gasteiger partial charge in [-0.15, -0.1) is 0 Å². The average molecular weight is 257 g/mol. The van der Waals surface area contributed by atoms with Gasteiger partial charge in [0.1, 0.15) is 17.2 Å². The first kappa shape index (κ1) is 12.7. The van der Waals surface area contributed by atoms with Crippen molar-refractivity contribution in [2.24, 2.45) is 0 Å². The molecule has 0 bridgehead atoms. The molecule has 0 saturated heterocycles. The van der Waals surface area contributed by atoms with Crippen molar-refractivity contribution >= 4 is 17.7 Å². The second-order valence-corrected chi connectivity index (χ2v) is 3.57. The van der Waals surface area contributed by atoms with Crippen LogP contribution in [0.5, 0.6) is 0 Å². The zero-order chi connectivity index (χ0) is 13.7. The summed E-state index contributed by atoms with van der Waals surface area (Å²) in [6.45, 7) is 0. The maximum Gasteiger partial charge on any atom is 0.356 e. The molecule has 2 heterocycles. The van der Waals surface area contributed by atoms with E-state index in [-0.39, 0.29) is 11.4 Å². The van der Waals surface area contributed by atoms with E-state index in [4.69, 9.17) is 0 Å². The van der Waals surface area contributed by atoms with Crippen LogP contribution in [0.4, 0.5) is 5.82 Å². The van der Waals surface area contributed by atoms with E-state index in [2.05, 4.69) is 20.0 Å². The van der Waals surface area contributed by atoms with Crippen molar-refractivity contribution < 1.29 is 14.3 Å². The highest BCUT2D eigenvalue weighted by Gasteiger charge is 2.12. The number of carbonyl (C=O) groups excluding carboxylic acids is 2. The molecule has 0 aliphatic carbocycles. The molecule has 2 rings (SSSR count). The summed E-state index contributed by atoms with van der Waals surface area (Å²) < 4.78 is 4.54. The minimum absolute atomic E-state index is 0.0798. The van der Waals surface area contributed by atoms with E-state index in [0.29, 0.717) is 5.82 Å². The zero-order valence-electron chi connectivity index (χ0n) is 10.2. The van der Waals surface area contributed by atoms with E-state index in [1.807, 2.05) is 0 Å². The number of nitrogens with one attached hydrogen (secondary N) is 1. The fourth-order valence-corrected chi connectivity index (χ4v) is 1.40. The van der Waals surface area contributed by atoms with Crippen LogP contribution in [0.15, 0.2) is 42.6 Å². The van der Waals surface area contributed by atoms with Crippen LogP contribution >= 0.6 is 0 Å². The lowest BCUT2D eigenvalue weighted by Crippen LogP contribution is -2.16. The number of anilines is 1. The SMILES string of the molecule is COC(=O)c1cccc(C(=O)Nc2ccccn2)n1. The average Bonchev–Trinajstić information content (AvgIpc) is 2.47. The molecule has 0 spiro atoms. The number of ether oxygens (including phenoxy) is 1. The first-order valence-corrected chi connectivity index (χ1v) is 5.48. The summed E-state index contributed by atoms with van der Waals surface area (Å²) in [6, 6.07) is 9.69. The van der Waals surface area contributed by atoms with E-state index in [9.17, 15) is 9.59 Å². The Kier molecular flexibility index (Phi) is 3.82. The quantitative estimate of drug-likeness (QED) is 0.843. The molecule has 0 saturated carbocycles. The lowest BCUT2D eigenvalue weighted by atomic mass is 10.3. The van der Waals surface area contributed by atoms with Crippen LogP contribution in [0.2, 0.25) is 0 Å². The van der Waals surface area contributed by atoms with Gasteiger partial charge in [-0.05, 0) is 24.3 Å². The number of pyridine rings is 2. The molecule has 19 heavy (non-hydrogen) atoms. The van der Waals surface area contributed by atoms with Crippen molar-refractivity contribution in [2.75, 3.05) is 12.4 Å². The van der Waals surface area contributed by atoms with Crippen LogP contribution in [0.1, 0.15) is 21.0 Å². The number of rotatable bonds is 3. The topological polar surface area (TPSA) is 81.2 Å². The standard InChI is InChI=1S/C13H11N3O3/c1-19-13(18)10-6-4-5-9(15-10)12(17)16-11-7-2-3-8-14-11/h2-8H,1H3,(H,14,16,17). The van der Waals surface area contributed by atoms with E-state index in [0.717, 1.165) is 0 Å². The van der Waals surface area contributed by atoms with E-state index < -0.39 is 11.9 Å². The van der Waals surface area contributed by atoms with Crippen LogP contribution < -0.4 is 5.32 Å². The van der Waals surface area contributed by atoms with Crippen LogP contribution in [0.25, 0.3) is 0 Å². The van der Waals surface area contributed by atoms with Crippen LogP contribution in [0.3, 0.4) is 0 Å². The Hall–Kier alpha value is -2.76. The van der Waals surface area contributed by atoms with Gasteiger partial charge in [0.2, 0.25) is 0 Å². The summed E-state index contributed by atoms with van der Waals surface area (Å²) >= 11 is 0. The Balaban J connectivity index is 2.18. The van der Waals surface area contributed by atoms with Crippen molar-refractivity contribution in [1.29, 1.82) is 0 Å². The van der Waals surface area contributed by atoms with Crippen LogP contribution in [-0.4, -0.2) is 29.0 Å². The Morgan fingerprint density at radius 2 is 1.89 bits per heavy atom. The number of hydrogen-bond donors (Lipinski definition) is 1. The number of nitrogens with zero attached hydrogens (tertiary/aromatic N) is 2. The van der Waals surface area contributed by atoms with Gasteiger partial charge in [-0.3, -0.25) is 4.79 Å². The molecule has 0 unspecified atom stereocenters. The monoisotopic (exact) mass is 257 g/mol. The smallest absolute Gasteiger partial charge is 0.356 e. The van der Waals surface area contributed by atoms with Gasteiger partial charge in [0.25, 0.3) is 5.91 Å². The summed E-state index contributed by atoms with van der Waals surface area (Å²) in [5, 5.41) is 2.58. The third kappa shape index (κ3) is 3.12. The van der Waals surface area contributed by atoms with Crippen molar-refractivity contribution in [1.82, 2.24) is 9.97 Å². The zero-order valence-corrected chi connectivity index (χ0v) is 10.2. The molecule has 2 aromatic heterocycles. The molecule has 0 atom stereocenters.